The summed E-state index contributed by atoms with van der Waals surface area (Å²) >= 11 is 0. The summed E-state index contributed by atoms with van der Waals surface area (Å²) in [6.45, 7) is 4.70. The van der Waals surface area contributed by atoms with Gasteiger partial charge in [-0.05, 0) is 55.5 Å². The highest BCUT2D eigenvalue weighted by Gasteiger charge is 2.39. The van der Waals surface area contributed by atoms with E-state index in [0.717, 1.165) is 36.3 Å². The van der Waals surface area contributed by atoms with Gasteiger partial charge >= 0.3 is 0 Å². The van der Waals surface area contributed by atoms with Gasteiger partial charge in [-0.25, -0.2) is 0 Å². The Labute approximate surface area is 114 Å². The molecule has 0 spiro atoms. The molecule has 1 fully saturated rings. The van der Waals surface area contributed by atoms with Gasteiger partial charge in [-0.2, -0.15) is 0 Å². The third-order valence-corrected chi connectivity index (χ3v) is 3.86. The topological polar surface area (TPSA) is 39.7 Å². The van der Waals surface area contributed by atoms with Crippen LogP contribution in [0.25, 0.3) is 0 Å². The number of methoxy groups -OCH3 is 1. The SMILES string of the molecule is CCCNCC1CC1c1cc(OC)c2c(c1)OCO2. The molecule has 4 heteroatoms. The Balaban J connectivity index is 1.69. The molecular weight excluding hydrogens is 242 g/mol. The van der Waals surface area contributed by atoms with Gasteiger partial charge in [0.05, 0.1) is 7.11 Å². The highest BCUT2D eigenvalue weighted by atomic mass is 16.7. The molecule has 0 bridgehead atoms. The van der Waals surface area contributed by atoms with E-state index in [1.165, 1.54) is 18.4 Å². The van der Waals surface area contributed by atoms with Crippen LogP contribution in [0.4, 0.5) is 0 Å². The van der Waals surface area contributed by atoms with Crippen LogP contribution in [0.2, 0.25) is 0 Å². The molecule has 1 saturated carbocycles. The molecule has 0 amide bonds. The van der Waals surface area contributed by atoms with Crippen molar-refractivity contribution in [1.29, 1.82) is 0 Å². The van der Waals surface area contributed by atoms with E-state index >= 15 is 0 Å². The zero-order valence-electron chi connectivity index (χ0n) is 11.6. The first-order valence-corrected chi connectivity index (χ1v) is 7.01. The predicted molar refractivity (Wildman–Crippen MR) is 73.1 cm³/mol. The van der Waals surface area contributed by atoms with Crippen molar-refractivity contribution in [2.75, 3.05) is 27.0 Å². The summed E-state index contributed by atoms with van der Waals surface area (Å²) in [6, 6.07) is 4.20. The van der Waals surface area contributed by atoms with E-state index in [1.807, 2.05) is 0 Å². The maximum Gasteiger partial charge on any atom is 0.231 e. The number of hydrogen-bond acceptors (Lipinski definition) is 4. The van der Waals surface area contributed by atoms with Crippen molar-refractivity contribution in [2.45, 2.75) is 25.7 Å². The van der Waals surface area contributed by atoms with Crippen LogP contribution in [-0.4, -0.2) is 27.0 Å². The first kappa shape index (κ1) is 12.6. The fraction of sp³-hybridized carbons (Fsp3) is 0.600. The molecule has 1 aromatic carbocycles. The second-order valence-corrected chi connectivity index (χ2v) is 5.26. The van der Waals surface area contributed by atoms with Crippen molar-refractivity contribution in [3.05, 3.63) is 17.7 Å². The second-order valence-electron chi connectivity index (χ2n) is 5.26. The molecule has 3 rings (SSSR count). The molecule has 4 nitrogen and oxygen atoms in total. The Bertz CT molecular complexity index is 461. The van der Waals surface area contributed by atoms with Gasteiger partial charge in [-0.1, -0.05) is 6.92 Å². The van der Waals surface area contributed by atoms with E-state index in [2.05, 4.69) is 24.4 Å². The van der Waals surface area contributed by atoms with Crippen LogP contribution in [0.3, 0.4) is 0 Å². The van der Waals surface area contributed by atoms with Gasteiger partial charge in [0, 0.05) is 0 Å². The highest BCUT2D eigenvalue weighted by Crippen LogP contribution is 2.51. The zero-order valence-corrected chi connectivity index (χ0v) is 11.6. The Morgan fingerprint density at radius 3 is 3.05 bits per heavy atom. The molecule has 1 aromatic rings. The quantitative estimate of drug-likeness (QED) is 0.801. The lowest BCUT2D eigenvalue weighted by Gasteiger charge is -2.08. The molecule has 2 unspecified atom stereocenters. The van der Waals surface area contributed by atoms with Gasteiger partial charge in [0.2, 0.25) is 12.5 Å². The van der Waals surface area contributed by atoms with Gasteiger partial charge in [0.25, 0.3) is 0 Å². The monoisotopic (exact) mass is 263 g/mol. The minimum absolute atomic E-state index is 0.293. The third-order valence-electron chi connectivity index (χ3n) is 3.86. The molecule has 2 atom stereocenters. The summed E-state index contributed by atoms with van der Waals surface area (Å²) in [7, 11) is 1.67. The Hall–Kier alpha value is -1.42. The van der Waals surface area contributed by atoms with E-state index in [4.69, 9.17) is 14.2 Å². The maximum atomic E-state index is 5.48. The van der Waals surface area contributed by atoms with Crippen molar-refractivity contribution in [3.63, 3.8) is 0 Å². The van der Waals surface area contributed by atoms with Gasteiger partial charge in [-0.15, -0.1) is 0 Å². The van der Waals surface area contributed by atoms with E-state index in [9.17, 15) is 0 Å². The second kappa shape index (κ2) is 5.29. The zero-order chi connectivity index (χ0) is 13.2. The summed E-state index contributed by atoms with van der Waals surface area (Å²) in [5.74, 6) is 3.73. The average Bonchev–Trinajstić information content (AvgIpc) is 3.04. The predicted octanol–water partition coefficient (Wildman–Crippen LogP) is 2.53. The standard InChI is InChI=1S/C15H21NO3/c1-3-4-16-8-11-5-12(11)10-6-13(17-2)15-14(7-10)18-9-19-15/h6-7,11-12,16H,3-5,8-9H2,1-2H3. The molecule has 2 aliphatic rings. The number of ether oxygens (including phenoxy) is 3. The number of hydrogen-bond donors (Lipinski definition) is 1. The summed E-state index contributed by atoms with van der Waals surface area (Å²) in [5.41, 5.74) is 1.31. The van der Waals surface area contributed by atoms with Crippen LogP contribution in [-0.2, 0) is 0 Å². The summed E-state index contributed by atoms with van der Waals surface area (Å²) in [4.78, 5) is 0. The van der Waals surface area contributed by atoms with Crippen molar-refractivity contribution in [1.82, 2.24) is 5.32 Å². The van der Waals surface area contributed by atoms with Crippen LogP contribution in [0.15, 0.2) is 12.1 Å². The van der Waals surface area contributed by atoms with Crippen molar-refractivity contribution >= 4 is 0 Å². The summed E-state index contributed by atoms with van der Waals surface area (Å²) in [5, 5.41) is 3.49. The summed E-state index contributed by atoms with van der Waals surface area (Å²) < 4.78 is 16.3. The normalized spacial score (nSPS) is 23.5. The smallest absolute Gasteiger partial charge is 0.231 e. The fourth-order valence-corrected chi connectivity index (χ4v) is 2.71. The fourth-order valence-electron chi connectivity index (χ4n) is 2.71. The molecular formula is C15H21NO3. The van der Waals surface area contributed by atoms with Crippen molar-refractivity contribution in [3.8, 4) is 17.2 Å². The molecule has 1 heterocycles. The number of fused-ring (bicyclic) bond motifs is 1. The van der Waals surface area contributed by atoms with E-state index < -0.39 is 0 Å². The molecule has 0 aromatic heterocycles. The van der Waals surface area contributed by atoms with E-state index in [-0.39, 0.29) is 0 Å². The lowest BCUT2D eigenvalue weighted by molar-refractivity contribution is 0.171. The van der Waals surface area contributed by atoms with E-state index in [1.54, 1.807) is 7.11 Å². The maximum absolute atomic E-state index is 5.48. The molecule has 1 N–H and O–H groups in total. The van der Waals surface area contributed by atoms with Gasteiger partial charge in [0.1, 0.15) is 0 Å². The largest absolute Gasteiger partial charge is 0.493 e. The number of nitrogens with one attached hydrogen (secondary N) is 1. The molecule has 0 radical (unpaired) electrons. The third kappa shape index (κ3) is 2.50. The lowest BCUT2D eigenvalue weighted by Crippen LogP contribution is -2.17. The van der Waals surface area contributed by atoms with Gasteiger partial charge < -0.3 is 19.5 Å². The van der Waals surface area contributed by atoms with E-state index in [0.29, 0.717) is 12.7 Å². The van der Waals surface area contributed by atoms with Crippen molar-refractivity contribution in [2.24, 2.45) is 5.92 Å². The number of benzene rings is 1. The van der Waals surface area contributed by atoms with Crippen LogP contribution in [0, 0.1) is 5.92 Å². The van der Waals surface area contributed by atoms with Crippen LogP contribution in [0.1, 0.15) is 31.2 Å². The minimum atomic E-state index is 0.293. The number of rotatable bonds is 6. The minimum Gasteiger partial charge on any atom is -0.493 e. The molecule has 0 saturated heterocycles. The van der Waals surface area contributed by atoms with Gasteiger partial charge in [-0.3, -0.25) is 0 Å². The highest BCUT2D eigenvalue weighted by molar-refractivity contribution is 5.56. The first-order valence-electron chi connectivity index (χ1n) is 7.01. The molecule has 1 aliphatic heterocycles. The van der Waals surface area contributed by atoms with Crippen LogP contribution >= 0.6 is 0 Å². The summed E-state index contributed by atoms with van der Waals surface area (Å²) in [6.07, 6.45) is 2.44. The Morgan fingerprint density at radius 2 is 2.26 bits per heavy atom. The molecule has 104 valence electrons. The van der Waals surface area contributed by atoms with Crippen molar-refractivity contribution < 1.29 is 14.2 Å². The Kier molecular flexibility index (Phi) is 3.51. The van der Waals surface area contributed by atoms with Crippen LogP contribution < -0.4 is 19.5 Å². The molecule has 19 heavy (non-hydrogen) atoms. The average molecular weight is 263 g/mol. The van der Waals surface area contributed by atoms with Gasteiger partial charge in [0.15, 0.2) is 11.5 Å². The van der Waals surface area contributed by atoms with Crippen LogP contribution in [0.5, 0.6) is 17.2 Å². The lowest BCUT2D eigenvalue weighted by atomic mass is 10.1. The molecule has 1 aliphatic carbocycles. The first-order chi connectivity index (χ1) is 9.33. The Morgan fingerprint density at radius 1 is 1.37 bits per heavy atom.